The number of aromatic nitrogens is 1. The van der Waals surface area contributed by atoms with Crippen LogP contribution in [0.4, 0.5) is 5.82 Å². The van der Waals surface area contributed by atoms with Gasteiger partial charge in [-0.05, 0) is 50.8 Å². The standard InChI is InChI=1S/C14H22N4O/c1-10-7-12(14(16)19)8-13(17-10)18-6-2-3-11(9-18)4-5-15/h7-8,11H,2-6,9,15H2,1H3,(H2,16,19). The molecule has 2 rings (SSSR count). The van der Waals surface area contributed by atoms with Crippen LogP contribution in [0.1, 0.15) is 35.3 Å². The molecule has 104 valence electrons. The Morgan fingerprint density at radius 1 is 1.53 bits per heavy atom. The number of nitrogens with two attached hydrogens (primary N) is 2. The van der Waals surface area contributed by atoms with Crippen molar-refractivity contribution in [3.8, 4) is 0 Å². The molecule has 1 aromatic rings. The summed E-state index contributed by atoms with van der Waals surface area (Å²) >= 11 is 0. The molecule has 19 heavy (non-hydrogen) atoms. The smallest absolute Gasteiger partial charge is 0.248 e. The van der Waals surface area contributed by atoms with Crippen molar-refractivity contribution < 1.29 is 4.79 Å². The Morgan fingerprint density at radius 2 is 2.32 bits per heavy atom. The number of amides is 1. The van der Waals surface area contributed by atoms with Gasteiger partial charge in [-0.2, -0.15) is 0 Å². The molecule has 1 saturated heterocycles. The zero-order chi connectivity index (χ0) is 13.8. The van der Waals surface area contributed by atoms with E-state index in [1.807, 2.05) is 6.92 Å². The molecule has 1 unspecified atom stereocenters. The number of aryl methyl sites for hydroxylation is 1. The lowest BCUT2D eigenvalue weighted by Crippen LogP contribution is -2.37. The third kappa shape index (κ3) is 3.44. The minimum absolute atomic E-state index is 0.401. The molecule has 0 saturated carbocycles. The van der Waals surface area contributed by atoms with Crippen LogP contribution in [0.2, 0.25) is 0 Å². The van der Waals surface area contributed by atoms with E-state index >= 15 is 0 Å². The summed E-state index contributed by atoms with van der Waals surface area (Å²) in [6, 6.07) is 3.52. The third-order valence-corrected chi connectivity index (χ3v) is 3.64. The van der Waals surface area contributed by atoms with Crippen molar-refractivity contribution in [1.29, 1.82) is 0 Å². The lowest BCUT2D eigenvalue weighted by atomic mass is 9.95. The topological polar surface area (TPSA) is 85.2 Å². The fourth-order valence-corrected chi connectivity index (χ4v) is 2.70. The number of anilines is 1. The first kappa shape index (κ1) is 13.8. The lowest BCUT2D eigenvalue weighted by molar-refractivity contribution is 0.1000. The van der Waals surface area contributed by atoms with Gasteiger partial charge in [-0.15, -0.1) is 0 Å². The van der Waals surface area contributed by atoms with E-state index in [1.54, 1.807) is 12.1 Å². The summed E-state index contributed by atoms with van der Waals surface area (Å²) in [7, 11) is 0. The Hall–Kier alpha value is -1.62. The number of nitrogens with zero attached hydrogens (tertiary/aromatic N) is 2. The second-order valence-electron chi connectivity index (χ2n) is 5.25. The number of pyridine rings is 1. The lowest BCUT2D eigenvalue weighted by Gasteiger charge is -2.33. The van der Waals surface area contributed by atoms with E-state index < -0.39 is 5.91 Å². The number of primary amides is 1. The summed E-state index contributed by atoms with van der Waals surface area (Å²) in [4.78, 5) is 18.1. The first-order chi connectivity index (χ1) is 9.10. The molecule has 1 aliphatic heterocycles. The molecule has 1 atom stereocenters. The number of hydrogen-bond acceptors (Lipinski definition) is 4. The summed E-state index contributed by atoms with van der Waals surface area (Å²) < 4.78 is 0. The van der Waals surface area contributed by atoms with Gasteiger partial charge >= 0.3 is 0 Å². The Kier molecular flexibility index (Phi) is 4.37. The van der Waals surface area contributed by atoms with Crippen LogP contribution in [0.25, 0.3) is 0 Å². The van der Waals surface area contributed by atoms with Gasteiger partial charge in [0.2, 0.25) is 5.91 Å². The highest BCUT2D eigenvalue weighted by Gasteiger charge is 2.21. The molecule has 0 bridgehead atoms. The minimum Gasteiger partial charge on any atom is -0.366 e. The molecule has 1 aromatic heterocycles. The third-order valence-electron chi connectivity index (χ3n) is 3.64. The van der Waals surface area contributed by atoms with Crippen LogP contribution in [-0.4, -0.2) is 30.5 Å². The van der Waals surface area contributed by atoms with E-state index in [1.165, 1.54) is 6.42 Å². The fourth-order valence-electron chi connectivity index (χ4n) is 2.70. The van der Waals surface area contributed by atoms with Crippen LogP contribution >= 0.6 is 0 Å². The summed E-state index contributed by atoms with van der Waals surface area (Å²) in [6.45, 7) is 4.56. The van der Waals surface area contributed by atoms with Crippen molar-refractivity contribution in [3.63, 3.8) is 0 Å². The number of piperidine rings is 1. The maximum Gasteiger partial charge on any atom is 0.248 e. The molecular weight excluding hydrogens is 240 g/mol. The van der Waals surface area contributed by atoms with Gasteiger partial charge in [-0.1, -0.05) is 0 Å². The summed E-state index contributed by atoms with van der Waals surface area (Å²) in [5.41, 5.74) is 12.3. The van der Waals surface area contributed by atoms with Gasteiger partial charge in [0.25, 0.3) is 0 Å². The number of carbonyl (C=O) groups excluding carboxylic acids is 1. The average Bonchev–Trinajstić information content (AvgIpc) is 2.38. The molecule has 0 aliphatic carbocycles. The molecular formula is C14H22N4O. The van der Waals surface area contributed by atoms with Crippen LogP contribution in [0.15, 0.2) is 12.1 Å². The normalized spacial score (nSPS) is 19.5. The zero-order valence-corrected chi connectivity index (χ0v) is 11.4. The quantitative estimate of drug-likeness (QED) is 0.849. The van der Waals surface area contributed by atoms with Crippen LogP contribution in [0.5, 0.6) is 0 Å². The van der Waals surface area contributed by atoms with Gasteiger partial charge in [0, 0.05) is 24.3 Å². The summed E-state index contributed by atoms with van der Waals surface area (Å²) in [6.07, 6.45) is 3.42. The first-order valence-electron chi connectivity index (χ1n) is 6.83. The van der Waals surface area contributed by atoms with Crippen LogP contribution < -0.4 is 16.4 Å². The average molecular weight is 262 g/mol. The van der Waals surface area contributed by atoms with Gasteiger partial charge in [-0.25, -0.2) is 4.98 Å². The fraction of sp³-hybridized carbons (Fsp3) is 0.571. The van der Waals surface area contributed by atoms with Crippen LogP contribution in [0, 0.1) is 12.8 Å². The molecule has 1 amide bonds. The minimum atomic E-state index is -0.401. The molecule has 0 radical (unpaired) electrons. The highest BCUT2D eigenvalue weighted by atomic mass is 16.1. The van der Waals surface area contributed by atoms with E-state index in [-0.39, 0.29) is 0 Å². The van der Waals surface area contributed by atoms with E-state index in [0.29, 0.717) is 11.5 Å². The Balaban J connectivity index is 2.18. The van der Waals surface area contributed by atoms with Gasteiger partial charge in [-0.3, -0.25) is 4.79 Å². The second kappa shape index (κ2) is 6.02. The SMILES string of the molecule is Cc1cc(C(N)=O)cc(N2CCCC(CCN)C2)n1. The predicted molar refractivity (Wildman–Crippen MR) is 76.1 cm³/mol. The van der Waals surface area contributed by atoms with E-state index in [2.05, 4.69) is 9.88 Å². The van der Waals surface area contributed by atoms with Crippen molar-refractivity contribution in [2.75, 3.05) is 24.5 Å². The first-order valence-corrected chi connectivity index (χ1v) is 6.83. The van der Waals surface area contributed by atoms with Crippen LogP contribution in [0.3, 0.4) is 0 Å². The van der Waals surface area contributed by atoms with Gasteiger partial charge in [0.15, 0.2) is 0 Å². The maximum absolute atomic E-state index is 11.3. The molecule has 2 heterocycles. The van der Waals surface area contributed by atoms with Crippen molar-refractivity contribution in [2.45, 2.75) is 26.2 Å². The molecule has 0 aromatic carbocycles. The van der Waals surface area contributed by atoms with Crippen molar-refractivity contribution in [2.24, 2.45) is 17.4 Å². The Bertz CT molecular complexity index is 459. The predicted octanol–water partition coefficient (Wildman–Crippen LogP) is 1.05. The molecule has 1 fully saturated rings. The van der Waals surface area contributed by atoms with Gasteiger partial charge < -0.3 is 16.4 Å². The maximum atomic E-state index is 11.3. The zero-order valence-electron chi connectivity index (χ0n) is 11.4. The van der Waals surface area contributed by atoms with E-state index in [4.69, 9.17) is 11.5 Å². The second-order valence-corrected chi connectivity index (χ2v) is 5.25. The van der Waals surface area contributed by atoms with Crippen molar-refractivity contribution in [1.82, 2.24) is 4.98 Å². The summed E-state index contributed by atoms with van der Waals surface area (Å²) in [5.74, 6) is 1.08. The largest absolute Gasteiger partial charge is 0.366 e. The number of rotatable bonds is 4. The molecule has 0 spiro atoms. The molecule has 5 heteroatoms. The number of carbonyl (C=O) groups is 1. The van der Waals surface area contributed by atoms with Crippen molar-refractivity contribution in [3.05, 3.63) is 23.4 Å². The Morgan fingerprint density at radius 3 is 3.00 bits per heavy atom. The number of hydrogen-bond donors (Lipinski definition) is 2. The molecule has 1 aliphatic rings. The highest BCUT2D eigenvalue weighted by molar-refractivity contribution is 5.93. The van der Waals surface area contributed by atoms with Gasteiger partial charge in [0.1, 0.15) is 5.82 Å². The molecule has 5 nitrogen and oxygen atoms in total. The van der Waals surface area contributed by atoms with E-state index in [0.717, 1.165) is 44.0 Å². The Labute approximate surface area is 114 Å². The van der Waals surface area contributed by atoms with E-state index in [9.17, 15) is 4.79 Å². The molecule has 4 N–H and O–H groups in total. The summed E-state index contributed by atoms with van der Waals surface area (Å²) in [5, 5.41) is 0. The monoisotopic (exact) mass is 262 g/mol. The van der Waals surface area contributed by atoms with Crippen molar-refractivity contribution >= 4 is 11.7 Å². The highest BCUT2D eigenvalue weighted by Crippen LogP contribution is 2.24. The van der Waals surface area contributed by atoms with Gasteiger partial charge in [0.05, 0.1) is 0 Å². The van der Waals surface area contributed by atoms with Crippen LogP contribution in [-0.2, 0) is 0 Å².